The molecule has 2 aromatic heterocycles. The van der Waals surface area contributed by atoms with E-state index in [1.807, 2.05) is 30.3 Å². The Labute approximate surface area is 259 Å². The summed E-state index contributed by atoms with van der Waals surface area (Å²) in [6, 6.07) is 17.1. The van der Waals surface area contributed by atoms with Gasteiger partial charge in [0.05, 0.1) is 60.2 Å². The summed E-state index contributed by atoms with van der Waals surface area (Å²) in [7, 11) is 1.38. The molecule has 45 heavy (non-hydrogen) atoms. The Balaban J connectivity index is 1.08. The van der Waals surface area contributed by atoms with Crippen LogP contribution >= 0.6 is 0 Å². The van der Waals surface area contributed by atoms with Crippen LogP contribution in [0.25, 0.3) is 11.0 Å². The molecule has 3 aliphatic heterocycles. The molecule has 3 atom stereocenters. The minimum Gasteiger partial charge on any atom is -0.473 e. The number of benzene rings is 2. The molecule has 0 radical (unpaired) electrons. The van der Waals surface area contributed by atoms with Crippen molar-refractivity contribution in [3.05, 3.63) is 88.6 Å². The third-order valence-corrected chi connectivity index (χ3v) is 8.84. The zero-order valence-corrected chi connectivity index (χ0v) is 24.8. The Hall–Kier alpha value is -4.41. The molecule has 3 saturated heterocycles. The zero-order chi connectivity index (χ0) is 31.0. The quantitative estimate of drug-likeness (QED) is 0.256. The second-order valence-electron chi connectivity index (χ2n) is 11.5. The van der Waals surface area contributed by atoms with E-state index in [9.17, 15) is 9.18 Å². The largest absolute Gasteiger partial charge is 0.473 e. The molecule has 232 valence electrons. The van der Waals surface area contributed by atoms with Crippen molar-refractivity contribution in [3.8, 4) is 11.9 Å². The van der Waals surface area contributed by atoms with Crippen molar-refractivity contribution in [1.29, 1.82) is 5.26 Å². The predicted octanol–water partition coefficient (Wildman–Crippen LogP) is 4.07. The predicted molar refractivity (Wildman–Crippen MR) is 158 cm³/mol. The van der Waals surface area contributed by atoms with Gasteiger partial charge < -0.3 is 28.3 Å². The van der Waals surface area contributed by atoms with Crippen molar-refractivity contribution >= 4 is 17.0 Å². The molecule has 5 heterocycles. The summed E-state index contributed by atoms with van der Waals surface area (Å²) in [6.45, 7) is 3.41. The van der Waals surface area contributed by atoms with E-state index in [2.05, 4.69) is 9.47 Å². The van der Waals surface area contributed by atoms with E-state index in [1.54, 1.807) is 24.3 Å². The molecular formula is C33H32FN5O6. The monoisotopic (exact) mass is 613 g/mol. The fourth-order valence-electron chi connectivity index (χ4n) is 6.23. The third kappa shape index (κ3) is 5.64. The highest BCUT2D eigenvalue weighted by Gasteiger charge is 2.51. The Morgan fingerprint density at radius 3 is 2.84 bits per heavy atom. The number of hydrogen-bond acceptors (Lipinski definition) is 10. The highest BCUT2D eigenvalue weighted by molar-refractivity contribution is 5.93. The Bertz CT molecular complexity index is 1790. The molecule has 0 N–H and O–H groups in total. The number of nitrogens with zero attached hydrogens (tertiary/aromatic N) is 5. The minimum absolute atomic E-state index is 0.0242. The molecule has 0 amide bonds. The summed E-state index contributed by atoms with van der Waals surface area (Å²) in [6.07, 6.45) is 1.45. The van der Waals surface area contributed by atoms with E-state index >= 15 is 0 Å². The number of nitriles is 1. The van der Waals surface area contributed by atoms with Crippen LogP contribution in [0.15, 0.2) is 54.6 Å². The van der Waals surface area contributed by atoms with Crippen molar-refractivity contribution in [3.63, 3.8) is 0 Å². The van der Waals surface area contributed by atoms with Crippen molar-refractivity contribution in [2.24, 2.45) is 0 Å². The Morgan fingerprint density at radius 1 is 1.18 bits per heavy atom. The summed E-state index contributed by atoms with van der Waals surface area (Å²) >= 11 is 0. The maximum Gasteiger partial charge on any atom is 0.337 e. The van der Waals surface area contributed by atoms with Crippen LogP contribution in [0.1, 0.15) is 45.8 Å². The first kappa shape index (κ1) is 29.3. The number of fused-ring (bicyclic) bond motifs is 2. The van der Waals surface area contributed by atoms with Gasteiger partial charge in [0, 0.05) is 31.3 Å². The lowest BCUT2D eigenvalue weighted by Crippen LogP contribution is -2.52. The van der Waals surface area contributed by atoms with Crippen molar-refractivity contribution < 1.29 is 32.9 Å². The first-order valence-electron chi connectivity index (χ1n) is 14.9. The molecule has 12 heteroatoms. The molecule has 2 aromatic carbocycles. The topological polar surface area (TPSA) is 121 Å². The van der Waals surface area contributed by atoms with Gasteiger partial charge >= 0.3 is 5.97 Å². The molecule has 0 saturated carbocycles. The van der Waals surface area contributed by atoms with Gasteiger partial charge in [0.25, 0.3) is 0 Å². The van der Waals surface area contributed by atoms with Crippen molar-refractivity contribution in [2.75, 3.05) is 33.6 Å². The lowest BCUT2D eigenvalue weighted by Gasteiger charge is -2.41. The molecule has 0 spiro atoms. The smallest absolute Gasteiger partial charge is 0.337 e. The highest BCUT2D eigenvalue weighted by atomic mass is 19.1. The summed E-state index contributed by atoms with van der Waals surface area (Å²) in [5, 5.41) is 8.99. The number of pyridine rings is 1. The number of likely N-dealkylation sites (tertiary alicyclic amines) is 1. The summed E-state index contributed by atoms with van der Waals surface area (Å²) in [5.74, 6) is 0.348. The van der Waals surface area contributed by atoms with Gasteiger partial charge in [0.2, 0.25) is 5.88 Å². The van der Waals surface area contributed by atoms with Crippen LogP contribution in [0.3, 0.4) is 0 Å². The Morgan fingerprint density at radius 2 is 2.07 bits per heavy atom. The number of halogens is 1. The number of ether oxygens (including phenoxy) is 5. The summed E-state index contributed by atoms with van der Waals surface area (Å²) in [5.41, 5.74) is 2.71. The van der Waals surface area contributed by atoms with Gasteiger partial charge in [-0.25, -0.2) is 19.2 Å². The summed E-state index contributed by atoms with van der Waals surface area (Å²) < 4.78 is 45.4. The highest BCUT2D eigenvalue weighted by Crippen LogP contribution is 2.42. The number of carbonyl (C=O) groups is 1. The van der Waals surface area contributed by atoms with Crippen LogP contribution in [0.5, 0.6) is 5.88 Å². The average molecular weight is 614 g/mol. The number of aromatic nitrogens is 3. The normalized spacial score (nSPS) is 22.9. The van der Waals surface area contributed by atoms with Crippen LogP contribution in [0.2, 0.25) is 0 Å². The van der Waals surface area contributed by atoms with Gasteiger partial charge in [-0.1, -0.05) is 12.1 Å². The van der Waals surface area contributed by atoms with Gasteiger partial charge in [-0.15, -0.1) is 0 Å². The maximum absolute atomic E-state index is 14.4. The zero-order valence-electron chi connectivity index (χ0n) is 24.8. The molecular weight excluding hydrogens is 581 g/mol. The van der Waals surface area contributed by atoms with Crippen LogP contribution in [-0.2, 0) is 44.2 Å². The molecule has 3 aliphatic rings. The third-order valence-electron chi connectivity index (χ3n) is 8.84. The van der Waals surface area contributed by atoms with Crippen LogP contribution in [-0.4, -0.2) is 71.2 Å². The van der Waals surface area contributed by atoms with Gasteiger partial charge in [-0.3, -0.25) is 4.90 Å². The number of carbonyl (C=O) groups excluding carboxylic acids is 1. The van der Waals surface area contributed by atoms with Crippen LogP contribution < -0.4 is 4.74 Å². The van der Waals surface area contributed by atoms with Crippen LogP contribution in [0.4, 0.5) is 4.39 Å². The van der Waals surface area contributed by atoms with Gasteiger partial charge in [0.15, 0.2) is 0 Å². The van der Waals surface area contributed by atoms with Gasteiger partial charge in [-0.05, 0) is 49.2 Å². The fraction of sp³-hybridized carbons (Fsp3) is 0.394. The molecule has 7 rings (SSSR count). The number of rotatable bonds is 9. The van der Waals surface area contributed by atoms with Gasteiger partial charge in [-0.2, -0.15) is 5.26 Å². The van der Waals surface area contributed by atoms with Crippen molar-refractivity contribution in [2.45, 2.75) is 50.3 Å². The Kier molecular flexibility index (Phi) is 7.93. The SMILES string of the molecule is COC(=O)c1ccc2nc(CN3CC[C@@]4(c5cccc(OCc6ccc(C#N)cc6F)n5)OCO[C@H]4C3)n(C[C@@H]3CCO3)c2c1. The number of hydrogen-bond donors (Lipinski definition) is 0. The minimum atomic E-state index is -0.745. The number of methoxy groups -OCH3 is 1. The fourth-order valence-corrected chi connectivity index (χ4v) is 6.23. The van der Waals surface area contributed by atoms with Gasteiger partial charge in [0.1, 0.15) is 36.7 Å². The van der Waals surface area contributed by atoms with Crippen molar-refractivity contribution in [1.82, 2.24) is 19.4 Å². The van der Waals surface area contributed by atoms with E-state index < -0.39 is 11.4 Å². The first-order chi connectivity index (χ1) is 22.0. The molecule has 0 unspecified atom stereocenters. The number of piperidine rings is 1. The van der Waals surface area contributed by atoms with E-state index in [4.69, 9.17) is 38.9 Å². The molecule has 4 aromatic rings. The second-order valence-corrected chi connectivity index (χ2v) is 11.5. The van der Waals surface area contributed by atoms with E-state index in [-0.39, 0.29) is 37.1 Å². The molecule has 0 bridgehead atoms. The lowest BCUT2D eigenvalue weighted by atomic mass is 9.85. The first-order valence-corrected chi connectivity index (χ1v) is 14.9. The van der Waals surface area contributed by atoms with E-state index in [1.165, 1.54) is 13.2 Å². The number of esters is 1. The molecule has 3 fully saturated rings. The van der Waals surface area contributed by atoms with E-state index in [0.717, 1.165) is 29.9 Å². The maximum atomic E-state index is 14.4. The summed E-state index contributed by atoms with van der Waals surface area (Å²) in [4.78, 5) is 24.2. The molecule has 11 nitrogen and oxygen atoms in total. The van der Waals surface area contributed by atoms with Crippen LogP contribution in [0, 0.1) is 17.1 Å². The van der Waals surface area contributed by atoms with E-state index in [0.29, 0.717) is 55.3 Å². The second kappa shape index (κ2) is 12.2. The lowest BCUT2D eigenvalue weighted by molar-refractivity contribution is -0.0609. The standard InChI is InChI=1S/C33H32FN5O6/c1-41-32(40)22-7-8-26-27(14-22)39(16-24-9-12-42-24)30(36-26)18-38-11-10-33(29(17-38)44-20-45-33)28-3-2-4-31(37-28)43-19-23-6-5-21(15-35)13-25(23)34/h2-8,13-14,24,29H,9-12,16-20H2,1H3/t24-,29-,33-/m0/s1. The average Bonchev–Trinajstić information content (AvgIpc) is 3.62. The molecule has 0 aliphatic carbocycles. The number of imidazole rings is 1.